The highest BCUT2D eigenvalue weighted by atomic mass is 16.4. The van der Waals surface area contributed by atoms with Gasteiger partial charge in [0.15, 0.2) is 5.78 Å². The molecule has 2 aliphatic rings. The number of carbonyl (C=O) groups excluding carboxylic acids is 1. The van der Waals surface area contributed by atoms with Crippen LogP contribution in [0.1, 0.15) is 46.0 Å². The molecule has 0 radical (unpaired) electrons. The summed E-state index contributed by atoms with van der Waals surface area (Å²) in [7, 11) is 0. The highest BCUT2D eigenvalue weighted by molar-refractivity contribution is 5.99. The lowest BCUT2D eigenvalue weighted by molar-refractivity contribution is -0.148. The number of carboxylic acid groups (broad SMARTS) is 1. The first-order chi connectivity index (χ1) is 7.47. The van der Waals surface area contributed by atoms with Crippen LogP contribution in [0.3, 0.4) is 0 Å². The van der Waals surface area contributed by atoms with Gasteiger partial charge in [-0.25, -0.2) is 0 Å². The number of carbonyl (C=O) groups is 2. The molecule has 0 amide bonds. The number of Topliss-reactive ketones (excluding diaryl/α,β-unsaturated/α-hetero) is 1. The van der Waals surface area contributed by atoms with Gasteiger partial charge in [0.2, 0.25) is 0 Å². The third-order valence-corrected chi connectivity index (χ3v) is 4.39. The van der Waals surface area contributed by atoms with E-state index >= 15 is 0 Å². The maximum Gasteiger partial charge on any atom is 0.307 e. The fourth-order valence-corrected chi connectivity index (χ4v) is 3.32. The first-order valence-corrected chi connectivity index (χ1v) is 5.93. The zero-order valence-electron chi connectivity index (χ0n) is 9.88. The molecule has 16 heavy (non-hydrogen) atoms. The molecule has 3 nitrogen and oxygen atoms in total. The smallest absolute Gasteiger partial charge is 0.307 e. The number of fused-ring (bicyclic) bond motifs is 1. The minimum absolute atomic E-state index is 0.0294. The topological polar surface area (TPSA) is 54.4 Å². The average Bonchev–Trinajstić information content (AvgIpc) is 2.23. The molecule has 0 aromatic heterocycles. The van der Waals surface area contributed by atoms with Crippen LogP contribution in [0.5, 0.6) is 0 Å². The Morgan fingerprint density at radius 3 is 2.75 bits per heavy atom. The Morgan fingerprint density at radius 2 is 2.12 bits per heavy atom. The van der Waals surface area contributed by atoms with Crippen LogP contribution in [0.4, 0.5) is 0 Å². The molecule has 1 saturated carbocycles. The molecule has 0 saturated heterocycles. The van der Waals surface area contributed by atoms with Gasteiger partial charge >= 0.3 is 5.97 Å². The molecule has 2 unspecified atom stereocenters. The highest BCUT2D eigenvalue weighted by Gasteiger charge is 2.48. The van der Waals surface area contributed by atoms with Gasteiger partial charge in [0.1, 0.15) is 0 Å². The molecule has 2 atom stereocenters. The molecule has 2 aliphatic carbocycles. The molecule has 1 fully saturated rings. The van der Waals surface area contributed by atoms with E-state index in [0.717, 1.165) is 36.8 Å². The SMILES string of the molecule is CC1=C2CCCCC2(C)C(C(=O)O)CC1=O. The van der Waals surface area contributed by atoms with Gasteiger partial charge in [0, 0.05) is 11.8 Å². The van der Waals surface area contributed by atoms with Gasteiger partial charge in [-0.05, 0) is 31.8 Å². The fraction of sp³-hybridized carbons (Fsp3) is 0.692. The molecular weight excluding hydrogens is 204 g/mol. The molecule has 0 aromatic carbocycles. The summed E-state index contributed by atoms with van der Waals surface area (Å²) in [5.41, 5.74) is 1.67. The summed E-state index contributed by atoms with van der Waals surface area (Å²) in [5.74, 6) is -1.30. The lowest BCUT2D eigenvalue weighted by Gasteiger charge is -2.44. The summed E-state index contributed by atoms with van der Waals surface area (Å²) in [6.45, 7) is 3.88. The van der Waals surface area contributed by atoms with E-state index < -0.39 is 11.9 Å². The minimum atomic E-state index is -0.817. The number of aliphatic carboxylic acids is 1. The number of allylic oxidation sites excluding steroid dienone is 2. The standard InChI is InChI=1S/C13H18O3/c1-8-9-5-3-4-6-13(9,2)10(12(15)16)7-11(8)14/h10H,3-7H2,1-2H3,(H,15,16). The van der Waals surface area contributed by atoms with Crippen molar-refractivity contribution >= 4 is 11.8 Å². The second-order valence-electron chi connectivity index (χ2n) is 5.25. The molecule has 0 heterocycles. The van der Waals surface area contributed by atoms with Gasteiger partial charge < -0.3 is 5.11 Å². The molecule has 3 heteroatoms. The Kier molecular flexibility index (Phi) is 2.64. The zero-order chi connectivity index (χ0) is 11.9. The molecular formula is C13H18O3. The van der Waals surface area contributed by atoms with Gasteiger partial charge in [-0.1, -0.05) is 18.9 Å². The third-order valence-electron chi connectivity index (χ3n) is 4.39. The van der Waals surface area contributed by atoms with Crippen molar-refractivity contribution in [3.63, 3.8) is 0 Å². The quantitative estimate of drug-likeness (QED) is 0.741. The Balaban J connectivity index is 2.50. The maximum atomic E-state index is 11.8. The van der Waals surface area contributed by atoms with Crippen LogP contribution in [0.25, 0.3) is 0 Å². The van der Waals surface area contributed by atoms with Crippen LogP contribution >= 0.6 is 0 Å². The van der Waals surface area contributed by atoms with Crippen LogP contribution in [0, 0.1) is 11.3 Å². The Hall–Kier alpha value is -1.12. The highest BCUT2D eigenvalue weighted by Crippen LogP contribution is 2.51. The van der Waals surface area contributed by atoms with Gasteiger partial charge in [-0.2, -0.15) is 0 Å². The summed E-state index contributed by atoms with van der Waals surface area (Å²) in [6.07, 6.45) is 4.15. The predicted octanol–water partition coefficient (Wildman–Crippen LogP) is 2.56. The van der Waals surface area contributed by atoms with E-state index in [9.17, 15) is 14.7 Å². The van der Waals surface area contributed by atoms with Crippen LogP contribution in [-0.4, -0.2) is 16.9 Å². The van der Waals surface area contributed by atoms with Crippen LogP contribution in [0.2, 0.25) is 0 Å². The van der Waals surface area contributed by atoms with E-state index in [-0.39, 0.29) is 17.6 Å². The van der Waals surface area contributed by atoms with Crippen molar-refractivity contribution in [2.24, 2.45) is 11.3 Å². The fourth-order valence-electron chi connectivity index (χ4n) is 3.32. The van der Waals surface area contributed by atoms with E-state index in [0.29, 0.717) is 0 Å². The first-order valence-electron chi connectivity index (χ1n) is 5.93. The number of ketones is 1. The van der Waals surface area contributed by atoms with Gasteiger partial charge in [-0.3, -0.25) is 9.59 Å². The van der Waals surface area contributed by atoms with Crippen molar-refractivity contribution in [2.45, 2.75) is 46.0 Å². The third kappa shape index (κ3) is 1.49. The number of hydrogen-bond donors (Lipinski definition) is 1. The van der Waals surface area contributed by atoms with Crippen molar-refractivity contribution in [2.75, 3.05) is 0 Å². The Morgan fingerprint density at radius 1 is 1.44 bits per heavy atom. The lowest BCUT2D eigenvalue weighted by Crippen LogP contribution is -2.42. The molecule has 2 rings (SSSR count). The molecule has 0 aliphatic heterocycles. The van der Waals surface area contributed by atoms with Crippen molar-refractivity contribution in [3.8, 4) is 0 Å². The molecule has 0 bridgehead atoms. The monoisotopic (exact) mass is 222 g/mol. The van der Waals surface area contributed by atoms with E-state index in [1.165, 1.54) is 0 Å². The average molecular weight is 222 g/mol. The van der Waals surface area contributed by atoms with E-state index in [4.69, 9.17) is 0 Å². The minimum Gasteiger partial charge on any atom is -0.481 e. The Labute approximate surface area is 95.5 Å². The normalized spacial score (nSPS) is 34.9. The first kappa shape index (κ1) is 11.4. The van der Waals surface area contributed by atoms with Crippen molar-refractivity contribution in [3.05, 3.63) is 11.1 Å². The lowest BCUT2D eigenvalue weighted by atomic mass is 9.58. The van der Waals surface area contributed by atoms with Crippen molar-refractivity contribution < 1.29 is 14.7 Å². The van der Waals surface area contributed by atoms with E-state index in [2.05, 4.69) is 0 Å². The Bertz CT molecular complexity index is 381. The zero-order valence-corrected chi connectivity index (χ0v) is 9.88. The summed E-state index contributed by atoms with van der Waals surface area (Å²) in [4.78, 5) is 23.1. The maximum absolute atomic E-state index is 11.8. The van der Waals surface area contributed by atoms with Gasteiger partial charge in [0.25, 0.3) is 0 Å². The number of rotatable bonds is 1. The van der Waals surface area contributed by atoms with E-state index in [1.54, 1.807) is 0 Å². The van der Waals surface area contributed by atoms with E-state index in [1.807, 2.05) is 13.8 Å². The molecule has 88 valence electrons. The predicted molar refractivity (Wildman–Crippen MR) is 60.0 cm³/mol. The summed E-state index contributed by atoms with van der Waals surface area (Å²) >= 11 is 0. The van der Waals surface area contributed by atoms with Crippen LogP contribution in [0.15, 0.2) is 11.1 Å². The summed E-state index contributed by atoms with van der Waals surface area (Å²) in [6, 6.07) is 0. The largest absolute Gasteiger partial charge is 0.481 e. The van der Waals surface area contributed by atoms with Crippen LogP contribution < -0.4 is 0 Å². The van der Waals surface area contributed by atoms with Crippen LogP contribution in [-0.2, 0) is 9.59 Å². The molecule has 0 spiro atoms. The molecule has 0 aromatic rings. The molecule has 1 N–H and O–H groups in total. The summed E-state index contributed by atoms with van der Waals surface area (Å²) in [5, 5.41) is 9.27. The van der Waals surface area contributed by atoms with Gasteiger partial charge in [0.05, 0.1) is 5.92 Å². The van der Waals surface area contributed by atoms with Crippen molar-refractivity contribution in [1.29, 1.82) is 0 Å². The number of hydrogen-bond acceptors (Lipinski definition) is 2. The summed E-state index contributed by atoms with van der Waals surface area (Å²) < 4.78 is 0. The second-order valence-corrected chi connectivity index (χ2v) is 5.25. The number of carboxylic acids is 1. The second kappa shape index (κ2) is 3.72. The van der Waals surface area contributed by atoms with Crippen molar-refractivity contribution in [1.82, 2.24) is 0 Å². The van der Waals surface area contributed by atoms with Gasteiger partial charge in [-0.15, -0.1) is 0 Å².